The Morgan fingerprint density at radius 3 is 2.77 bits per heavy atom. The number of anilines is 1. The van der Waals surface area contributed by atoms with Gasteiger partial charge in [-0.2, -0.15) is 0 Å². The number of hydrogen-bond donors (Lipinski definition) is 3. The van der Waals surface area contributed by atoms with E-state index < -0.39 is 13.1 Å². The third-order valence-electron chi connectivity index (χ3n) is 1.49. The summed E-state index contributed by atoms with van der Waals surface area (Å²) in [6.07, 6.45) is 0. The highest BCUT2D eigenvalue weighted by Gasteiger charge is 2.09. The van der Waals surface area contributed by atoms with Crippen molar-refractivity contribution < 1.29 is 19.1 Å². The summed E-state index contributed by atoms with van der Waals surface area (Å²) >= 11 is 0. The van der Waals surface area contributed by atoms with Crippen LogP contribution < -0.4 is 5.73 Å². The van der Waals surface area contributed by atoms with Crippen molar-refractivity contribution in [1.29, 1.82) is 0 Å². The quantitative estimate of drug-likeness (QED) is 0.453. The lowest BCUT2D eigenvalue weighted by Crippen LogP contribution is -2.16. The number of nitrogen functional groups attached to an aromatic ring is 1. The normalized spacial score (nSPS) is 10.1. The second-order valence-corrected chi connectivity index (χ2v) is 2.48. The largest absolute Gasteiger partial charge is 0.634 e. The van der Waals surface area contributed by atoms with Crippen molar-refractivity contribution in [3.8, 4) is 0 Å². The molecule has 1 rings (SSSR count). The summed E-state index contributed by atoms with van der Waals surface area (Å²) in [5.41, 5.74) is 6.20. The SMILES string of the molecule is Nc1ccc(F)cc1COB(O)O. The molecule has 0 heterocycles. The fourth-order valence-electron chi connectivity index (χ4n) is 0.864. The van der Waals surface area contributed by atoms with E-state index in [0.29, 0.717) is 11.3 Å². The molecule has 0 amide bonds. The van der Waals surface area contributed by atoms with Crippen molar-refractivity contribution in [1.82, 2.24) is 0 Å². The van der Waals surface area contributed by atoms with Gasteiger partial charge >= 0.3 is 7.32 Å². The van der Waals surface area contributed by atoms with Crippen molar-refractivity contribution in [2.45, 2.75) is 6.61 Å². The summed E-state index contributed by atoms with van der Waals surface area (Å²) in [5, 5.41) is 16.7. The molecular weight excluding hydrogens is 176 g/mol. The molecule has 0 bridgehead atoms. The van der Waals surface area contributed by atoms with Gasteiger partial charge in [-0.3, -0.25) is 0 Å². The Bertz CT molecular complexity index is 295. The van der Waals surface area contributed by atoms with Gasteiger partial charge in [-0.05, 0) is 18.2 Å². The van der Waals surface area contributed by atoms with Crippen molar-refractivity contribution in [2.75, 3.05) is 5.73 Å². The third-order valence-corrected chi connectivity index (χ3v) is 1.49. The molecule has 0 saturated carbocycles. The van der Waals surface area contributed by atoms with E-state index in [1.165, 1.54) is 18.2 Å². The lowest BCUT2D eigenvalue weighted by atomic mass is 10.1. The van der Waals surface area contributed by atoms with E-state index >= 15 is 0 Å². The first-order valence-electron chi connectivity index (χ1n) is 3.61. The molecule has 0 aliphatic heterocycles. The van der Waals surface area contributed by atoms with Crippen LogP contribution in [0.2, 0.25) is 0 Å². The Morgan fingerprint density at radius 1 is 1.46 bits per heavy atom. The average molecular weight is 185 g/mol. The highest BCUT2D eigenvalue weighted by Crippen LogP contribution is 2.14. The van der Waals surface area contributed by atoms with Gasteiger partial charge in [0.2, 0.25) is 0 Å². The van der Waals surface area contributed by atoms with Crippen LogP contribution >= 0.6 is 0 Å². The minimum Gasteiger partial charge on any atom is -0.402 e. The summed E-state index contributed by atoms with van der Waals surface area (Å²) in [7, 11) is -1.87. The Balaban J connectivity index is 2.70. The van der Waals surface area contributed by atoms with Crippen LogP contribution in [-0.4, -0.2) is 17.4 Å². The van der Waals surface area contributed by atoms with E-state index in [2.05, 4.69) is 4.65 Å². The zero-order valence-electron chi connectivity index (χ0n) is 6.77. The molecule has 6 heteroatoms. The smallest absolute Gasteiger partial charge is 0.402 e. The van der Waals surface area contributed by atoms with Crippen LogP contribution in [-0.2, 0) is 11.3 Å². The van der Waals surface area contributed by atoms with Crippen LogP contribution in [0, 0.1) is 5.82 Å². The fraction of sp³-hybridized carbons (Fsp3) is 0.143. The van der Waals surface area contributed by atoms with Crippen molar-refractivity contribution >= 4 is 13.0 Å². The lowest BCUT2D eigenvalue weighted by molar-refractivity contribution is 0.177. The van der Waals surface area contributed by atoms with Gasteiger partial charge in [0, 0.05) is 11.3 Å². The van der Waals surface area contributed by atoms with Gasteiger partial charge in [0.1, 0.15) is 5.82 Å². The van der Waals surface area contributed by atoms with Gasteiger partial charge in [0.15, 0.2) is 0 Å². The Morgan fingerprint density at radius 2 is 2.15 bits per heavy atom. The van der Waals surface area contributed by atoms with E-state index in [0.717, 1.165) is 0 Å². The first-order chi connectivity index (χ1) is 6.09. The van der Waals surface area contributed by atoms with E-state index in [-0.39, 0.29) is 6.61 Å². The van der Waals surface area contributed by atoms with Crippen molar-refractivity contribution in [2.24, 2.45) is 0 Å². The average Bonchev–Trinajstić information content (AvgIpc) is 2.06. The topological polar surface area (TPSA) is 75.7 Å². The van der Waals surface area contributed by atoms with Gasteiger partial charge in [-0.25, -0.2) is 4.39 Å². The predicted octanol–water partition coefficient (Wildman–Crippen LogP) is -0.106. The molecule has 1 aromatic rings. The standard InChI is InChI=1S/C7H9BFNO3/c9-6-1-2-7(10)5(3-6)4-13-8(11)12/h1-3,11-12H,4,10H2. The first kappa shape index (κ1) is 9.98. The van der Waals surface area contributed by atoms with Gasteiger partial charge in [-0.1, -0.05) is 0 Å². The van der Waals surface area contributed by atoms with E-state index in [1.807, 2.05) is 0 Å². The highest BCUT2D eigenvalue weighted by molar-refractivity contribution is 6.32. The molecule has 1 aromatic carbocycles. The van der Waals surface area contributed by atoms with Gasteiger partial charge in [-0.15, -0.1) is 0 Å². The van der Waals surface area contributed by atoms with Gasteiger partial charge in [0.05, 0.1) is 6.61 Å². The maximum absolute atomic E-state index is 12.6. The molecule has 0 fully saturated rings. The lowest BCUT2D eigenvalue weighted by Gasteiger charge is -2.05. The molecule has 0 spiro atoms. The summed E-state index contributed by atoms with van der Waals surface area (Å²) in [6, 6.07) is 3.78. The van der Waals surface area contributed by atoms with Gasteiger partial charge in [0.25, 0.3) is 0 Å². The molecular formula is C7H9BFNO3. The molecule has 0 aliphatic carbocycles. The van der Waals surface area contributed by atoms with Crippen LogP contribution in [0.15, 0.2) is 18.2 Å². The maximum atomic E-state index is 12.6. The Hall–Kier alpha value is -1.11. The fourth-order valence-corrected chi connectivity index (χ4v) is 0.864. The van der Waals surface area contributed by atoms with E-state index in [9.17, 15) is 4.39 Å². The monoisotopic (exact) mass is 185 g/mol. The molecule has 0 atom stereocenters. The third kappa shape index (κ3) is 3.02. The number of halogens is 1. The van der Waals surface area contributed by atoms with Crippen LogP contribution in [0.4, 0.5) is 10.1 Å². The van der Waals surface area contributed by atoms with Crippen molar-refractivity contribution in [3.05, 3.63) is 29.6 Å². The summed E-state index contributed by atoms with van der Waals surface area (Å²) < 4.78 is 17.1. The predicted molar refractivity (Wildman–Crippen MR) is 45.8 cm³/mol. The summed E-state index contributed by atoms with van der Waals surface area (Å²) in [5.74, 6) is -0.444. The molecule has 0 saturated heterocycles. The Labute approximate surface area is 74.9 Å². The minimum absolute atomic E-state index is 0.138. The van der Waals surface area contributed by atoms with Crippen LogP contribution in [0.3, 0.4) is 0 Å². The molecule has 4 nitrogen and oxygen atoms in total. The first-order valence-corrected chi connectivity index (χ1v) is 3.61. The molecule has 70 valence electrons. The van der Waals surface area contributed by atoms with E-state index in [4.69, 9.17) is 15.8 Å². The molecule has 13 heavy (non-hydrogen) atoms. The Kier molecular flexibility index (Phi) is 3.24. The molecule has 0 aliphatic rings. The molecule has 0 radical (unpaired) electrons. The molecule has 4 N–H and O–H groups in total. The summed E-state index contributed by atoms with van der Waals surface area (Å²) in [6.45, 7) is -0.138. The maximum Gasteiger partial charge on any atom is 0.634 e. The second kappa shape index (κ2) is 4.22. The van der Waals surface area contributed by atoms with Crippen LogP contribution in [0.25, 0.3) is 0 Å². The van der Waals surface area contributed by atoms with Crippen LogP contribution in [0.1, 0.15) is 5.56 Å². The van der Waals surface area contributed by atoms with Crippen LogP contribution in [0.5, 0.6) is 0 Å². The number of benzene rings is 1. The number of hydrogen-bond acceptors (Lipinski definition) is 4. The zero-order valence-corrected chi connectivity index (χ0v) is 6.77. The number of nitrogens with two attached hydrogens (primary N) is 1. The number of rotatable bonds is 3. The molecule has 0 aromatic heterocycles. The van der Waals surface area contributed by atoms with Crippen molar-refractivity contribution in [3.63, 3.8) is 0 Å². The van der Waals surface area contributed by atoms with E-state index in [1.54, 1.807) is 0 Å². The minimum atomic E-state index is -1.87. The molecule has 0 unspecified atom stereocenters. The summed E-state index contributed by atoms with van der Waals surface area (Å²) in [4.78, 5) is 0. The second-order valence-electron chi connectivity index (χ2n) is 2.48. The zero-order chi connectivity index (χ0) is 9.84. The van der Waals surface area contributed by atoms with Gasteiger partial charge < -0.3 is 20.4 Å². The highest BCUT2D eigenvalue weighted by atomic mass is 19.1.